The van der Waals surface area contributed by atoms with Crippen LogP contribution in [0.4, 0.5) is 0 Å². The van der Waals surface area contributed by atoms with Crippen molar-refractivity contribution in [3.05, 3.63) is 243 Å². The van der Waals surface area contributed by atoms with E-state index in [1.807, 2.05) is 0 Å². The number of rotatable bonds is 7. The molecule has 0 saturated heterocycles. The molecule has 0 amide bonds. The van der Waals surface area contributed by atoms with Crippen molar-refractivity contribution in [2.45, 2.75) is 0 Å². The lowest BCUT2D eigenvalue weighted by Crippen LogP contribution is -1.95. The standard InChI is InChI=1S/C62H40N6/c1-3-12-41(13-4-1)43-22-24-44(25-23-43)45-26-32-51(33-27-45)65-57-36-30-49(39-59(57)67-55-20-9-7-18-53(55)63-61(65)67)50-31-37-58-60(40-50)68-56-21-10-8-19-54(56)64-62(68)66(58)52-34-28-46(29-35-52)48-17-11-16-47(38-48)42-14-5-2-6-15-42/h1-40H. The second kappa shape index (κ2) is 15.2. The number of nitrogens with zero attached hydrogens (tertiary/aromatic N) is 6. The van der Waals surface area contributed by atoms with Crippen molar-refractivity contribution < 1.29 is 0 Å². The van der Waals surface area contributed by atoms with Gasteiger partial charge in [0.1, 0.15) is 0 Å². The van der Waals surface area contributed by atoms with Crippen LogP contribution in [0, 0.1) is 0 Å². The van der Waals surface area contributed by atoms with E-state index in [0.717, 1.165) is 78.2 Å². The second-order valence-corrected chi connectivity index (χ2v) is 17.5. The number of imidazole rings is 4. The highest BCUT2D eigenvalue weighted by Gasteiger charge is 2.21. The van der Waals surface area contributed by atoms with Crippen LogP contribution in [0.15, 0.2) is 243 Å². The van der Waals surface area contributed by atoms with Crippen molar-refractivity contribution in [3.63, 3.8) is 0 Å². The Morgan fingerprint density at radius 3 is 1.00 bits per heavy atom. The Bertz CT molecular complexity index is 4210. The summed E-state index contributed by atoms with van der Waals surface area (Å²) in [5.41, 5.74) is 22.4. The van der Waals surface area contributed by atoms with Gasteiger partial charge in [-0.2, -0.15) is 0 Å². The normalized spacial score (nSPS) is 11.8. The molecule has 14 rings (SSSR count). The fourth-order valence-electron chi connectivity index (χ4n) is 10.3. The maximum atomic E-state index is 5.24. The number of fused-ring (bicyclic) bond motifs is 10. The van der Waals surface area contributed by atoms with Gasteiger partial charge in [-0.25, -0.2) is 9.97 Å². The van der Waals surface area contributed by atoms with Gasteiger partial charge in [-0.15, -0.1) is 0 Å². The van der Waals surface area contributed by atoms with Crippen LogP contribution in [0.25, 0.3) is 123 Å². The van der Waals surface area contributed by atoms with Gasteiger partial charge >= 0.3 is 0 Å². The lowest BCUT2D eigenvalue weighted by molar-refractivity contribution is 1.11. The Kier molecular flexibility index (Phi) is 8.48. The van der Waals surface area contributed by atoms with Gasteiger partial charge in [0.25, 0.3) is 0 Å². The van der Waals surface area contributed by atoms with Crippen LogP contribution in [0.5, 0.6) is 0 Å². The predicted molar refractivity (Wildman–Crippen MR) is 280 cm³/mol. The number of para-hydroxylation sites is 4. The molecule has 0 spiro atoms. The summed E-state index contributed by atoms with van der Waals surface area (Å²) in [7, 11) is 0. The fraction of sp³-hybridized carbons (Fsp3) is 0. The summed E-state index contributed by atoms with van der Waals surface area (Å²) in [5.74, 6) is 1.76. The zero-order valence-corrected chi connectivity index (χ0v) is 36.8. The van der Waals surface area contributed by atoms with E-state index in [1.165, 1.54) is 44.5 Å². The molecular weight excluding hydrogens is 829 g/mol. The molecule has 4 heterocycles. The number of aromatic nitrogens is 6. The molecule has 0 aliphatic heterocycles. The minimum atomic E-state index is 0.881. The van der Waals surface area contributed by atoms with Gasteiger partial charge < -0.3 is 0 Å². The van der Waals surface area contributed by atoms with Crippen molar-refractivity contribution >= 4 is 55.7 Å². The molecule has 14 aromatic rings. The average molecular weight is 869 g/mol. The second-order valence-electron chi connectivity index (χ2n) is 17.5. The molecule has 4 aromatic heterocycles. The van der Waals surface area contributed by atoms with Crippen LogP contribution in [-0.4, -0.2) is 27.9 Å². The smallest absolute Gasteiger partial charge is 0.220 e. The highest BCUT2D eigenvalue weighted by atomic mass is 15.2. The minimum Gasteiger partial charge on any atom is -0.278 e. The van der Waals surface area contributed by atoms with E-state index in [2.05, 4.69) is 261 Å². The third-order valence-electron chi connectivity index (χ3n) is 13.6. The summed E-state index contributed by atoms with van der Waals surface area (Å²) < 4.78 is 9.20. The number of benzene rings is 10. The Hall–Kier alpha value is -9.26. The SMILES string of the molecule is c1ccc(-c2ccc(-c3ccc(-n4c5ccc(-c6ccc7c(c6)n6c8ccccc8nc6n7-c6ccc(-c7cccc(-c8ccccc8)c7)cc6)cc5n5c6ccccc6nc45)cc3)cc2)cc1. The van der Waals surface area contributed by atoms with Gasteiger partial charge in [-0.3, -0.25) is 17.9 Å². The van der Waals surface area contributed by atoms with Crippen molar-refractivity contribution in [2.75, 3.05) is 0 Å². The Morgan fingerprint density at radius 2 is 0.544 bits per heavy atom. The van der Waals surface area contributed by atoms with E-state index in [4.69, 9.17) is 9.97 Å². The summed E-state index contributed by atoms with van der Waals surface area (Å²) in [6.07, 6.45) is 0. The maximum absolute atomic E-state index is 5.24. The van der Waals surface area contributed by atoms with Crippen LogP contribution in [0.2, 0.25) is 0 Å². The Morgan fingerprint density at radius 1 is 0.221 bits per heavy atom. The molecule has 6 heteroatoms. The van der Waals surface area contributed by atoms with Gasteiger partial charge in [0, 0.05) is 11.4 Å². The van der Waals surface area contributed by atoms with E-state index in [1.54, 1.807) is 0 Å². The van der Waals surface area contributed by atoms with Gasteiger partial charge in [0.05, 0.1) is 44.1 Å². The first-order chi connectivity index (χ1) is 33.7. The molecule has 0 N–H and O–H groups in total. The molecular formula is C62H40N6. The summed E-state index contributed by atoms with van der Waals surface area (Å²) in [6, 6.07) is 86.9. The average Bonchev–Trinajstić information content (AvgIpc) is 4.16. The highest BCUT2D eigenvalue weighted by Crippen LogP contribution is 2.37. The summed E-state index contributed by atoms with van der Waals surface area (Å²) >= 11 is 0. The molecule has 0 aliphatic carbocycles. The van der Waals surface area contributed by atoms with Crippen LogP contribution in [0.3, 0.4) is 0 Å². The van der Waals surface area contributed by atoms with Crippen molar-refractivity contribution in [3.8, 4) is 67.0 Å². The van der Waals surface area contributed by atoms with E-state index in [-0.39, 0.29) is 0 Å². The monoisotopic (exact) mass is 868 g/mol. The first kappa shape index (κ1) is 38.1. The lowest BCUT2D eigenvalue weighted by Gasteiger charge is -2.10. The van der Waals surface area contributed by atoms with Crippen LogP contribution >= 0.6 is 0 Å². The van der Waals surface area contributed by atoms with E-state index in [9.17, 15) is 0 Å². The zero-order valence-electron chi connectivity index (χ0n) is 36.8. The third kappa shape index (κ3) is 6.05. The largest absolute Gasteiger partial charge is 0.278 e. The number of hydrogen-bond acceptors (Lipinski definition) is 2. The van der Waals surface area contributed by atoms with Crippen molar-refractivity contribution in [1.29, 1.82) is 0 Å². The molecule has 0 atom stereocenters. The van der Waals surface area contributed by atoms with Crippen molar-refractivity contribution in [1.82, 2.24) is 27.9 Å². The van der Waals surface area contributed by atoms with E-state index >= 15 is 0 Å². The molecule has 10 aromatic carbocycles. The highest BCUT2D eigenvalue weighted by molar-refractivity contribution is 5.97. The molecule has 0 saturated carbocycles. The molecule has 6 nitrogen and oxygen atoms in total. The quantitative estimate of drug-likeness (QED) is 0.160. The molecule has 0 aliphatic rings. The van der Waals surface area contributed by atoms with Crippen LogP contribution in [-0.2, 0) is 0 Å². The van der Waals surface area contributed by atoms with E-state index in [0.29, 0.717) is 0 Å². The maximum Gasteiger partial charge on any atom is 0.220 e. The predicted octanol–water partition coefficient (Wildman–Crippen LogP) is 15.5. The molecule has 0 unspecified atom stereocenters. The molecule has 318 valence electrons. The minimum absolute atomic E-state index is 0.881. The van der Waals surface area contributed by atoms with E-state index < -0.39 is 0 Å². The Balaban J connectivity index is 0.868. The molecule has 0 radical (unpaired) electrons. The van der Waals surface area contributed by atoms with Crippen LogP contribution < -0.4 is 0 Å². The molecule has 68 heavy (non-hydrogen) atoms. The van der Waals surface area contributed by atoms with Crippen molar-refractivity contribution in [2.24, 2.45) is 0 Å². The first-order valence-electron chi connectivity index (χ1n) is 23.1. The molecule has 0 fully saturated rings. The molecule has 0 bridgehead atoms. The number of hydrogen-bond donors (Lipinski definition) is 0. The summed E-state index contributed by atoms with van der Waals surface area (Å²) in [6.45, 7) is 0. The van der Waals surface area contributed by atoms with Gasteiger partial charge in [-0.1, -0.05) is 164 Å². The van der Waals surface area contributed by atoms with Gasteiger partial charge in [-0.05, 0) is 134 Å². The zero-order chi connectivity index (χ0) is 44.7. The lowest BCUT2D eigenvalue weighted by atomic mass is 9.99. The fourth-order valence-corrected chi connectivity index (χ4v) is 10.3. The summed E-state index contributed by atoms with van der Waals surface area (Å²) in [4.78, 5) is 10.5. The van der Waals surface area contributed by atoms with Gasteiger partial charge in [0.2, 0.25) is 11.6 Å². The van der Waals surface area contributed by atoms with Gasteiger partial charge in [0.15, 0.2) is 0 Å². The first-order valence-corrected chi connectivity index (χ1v) is 23.1. The topological polar surface area (TPSA) is 44.5 Å². The van der Waals surface area contributed by atoms with Crippen LogP contribution in [0.1, 0.15) is 0 Å². The summed E-state index contributed by atoms with van der Waals surface area (Å²) in [5, 5.41) is 0. The Labute approximate surface area is 391 Å². The third-order valence-corrected chi connectivity index (χ3v) is 13.6.